The van der Waals surface area contributed by atoms with Crippen LogP contribution in [0.5, 0.6) is 5.75 Å². The maximum absolute atomic E-state index is 14.5. The number of carbonyl (C=O) groups excluding carboxylic acids is 1. The summed E-state index contributed by atoms with van der Waals surface area (Å²) in [6.07, 6.45) is 1.48. The molecule has 1 aliphatic heterocycles. The zero-order valence-corrected chi connectivity index (χ0v) is 17.5. The van der Waals surface area contributed by atoms with E-state index >= 15 is 0 Å². The van der Waals surface area contributed by atoms with Crippen LogP contribution in [0.15, 0.2) is 35.3 Å². The Morgan fingerprint density at radius 2 is 1.97 bits per heavy atom. The first-order valence-corrected chi connectivity index (χ1v) is 10.1. The predicted octanol–water partition coefficient (Wildman–Crippen LogP) is 2.13. The zero-order chi connectivity index (χ0) is 21.8. The number of methoxy groups -OCH3 is 2. The van der Waals surface area contributed by atoms with Crippen molar-refractivity contribution in [2.45, 2.75) is 17.6 Å². The topological polar surface area (TPSA) is 86.8 Å². The molecule has 3 rings (SSSR count). The minimum absolute atomic E-state index is 0.00130. The van der Waals surface area contributed by atoms with E-state index in [1.165, 1.54) is 34.0 Å². The van der Waals surface area contributed by atoms with Gasteiger partial charge in [-0.3, -0.25) is 13.6 Å². The summed E-state index contributed by atoms with van der Waals surface area (Å²) in [6.45, 7) is 0.663. The number of hydrogen-bond donors (Lipinski definition) is 1. The van der Waals surface area contributed by atoms with Gasteiger partial charge in [-0.2, -0.15) is 0 Å². The number of rotatable bonds is 8. The third-order valence-corrected chi connectivity index (χ3v) is 6.03. The summed E-state index contributed by atoms with van der Waals surface area (Å²) in [5.41, 5.74) is 5.28. The van der Waals surface area contributed by atoms with Gasteiger partial charge < -0.3 is 20.1 Å². The Kier molecular flexibility index (Phi) is 7.11. The molecule has 1 aromatic carbocycles. The van der Waals surface area contributed by atoms with Crippen LogP contribution >= 0.6 is 11.9 Å². The van der Waals surface area contributed by atoms with Crippen LogP contribution in [0.3, 0.4) is 0 Å². The smallest absolute Gasteiger partial charge is 0.284 e. The van der Waals surface area contributed by atoms with Crippen LogP contribution in [0.25, 0.3) is 0 Å². The largest absolute Gasteiger partial charge is 0.497 e. The van der Waals surface area contributed by atoms with Gasteiger partial charge in [0, 0.05) is 56.4 Å². The second-order valence-corrected chi connectivity index (χ2v) is 8.12. The lowest BCUT2D eigenvalue weighted by molar-refractivity contribution is -0.117. The number of nitrogens with zero attached hydrogens (tertiary/aromatic N) is 2. The lowest BCUT2D eigenvalue weighted by Gasteiger charge is -2.19. The fourth-order valence-corrected chi connectivity index (χ4v) is 4.38. The van der Waals surface area contributed by atoms with Crippen molar-refractivity contribution in [3.8, 4) is 5.75 Å². The Labute approximate surface area is 176 Å². The molecule has 1 saturated heterocycles. The second-order valence-electron chi connectivity index (χ2n) is 6.85. The number of anilines is 1. The van der Waals surface area contributed by atoms with Gasteiger partial charge in [-0.15, -0.1) is 0 Å². The van der Waals surface area contributed by atoms with E-state index in [4.69, 9.17) is 15.2 Å². The first kappa shape index (κ1) is 22.3. The second kappa shape index (κ2) is 9.59. The van der Waals surface area contributed by atoms with Crippen molar-refractivity contribution >= 4 is 23.5 Å². The third-order valence-electron chi connectivity index (χ3n) is 4.89. The molecule has 0 saturated carbocycles. The van der Waals surface area contributed by atoms with Gasteiger partial charge in [0.05, 0.1) is 19.0 Å². The van der Waals surface area contributed by atoms with Crippen molar-refractivity contribution in [3.63, 3.8) is 0 Å². The number of pyridine rings is 1. The van der Waals surface area contributed by atoms with E-state index < -0.39 is 23.1 Å². The molecule has 10 heteroatoms. The number of carbonyl (C=O) groups is 1. The Balaban J connectivity index is 1.87. The summed E-state index contributed by atoms with van der Waals surface area (Å²) in [6, 6.07) is 5.33. The molecule has 2 heterocycles. The summed E-state index contributed by atoms with van der Waals surface area (Å²) in [4.78, 5) is 26.8. The predicted molar refractivity (Wildman–Crippen MR) is 111 cm³/mol. The van der Waals surface area contributed by atoms with Gasteiger partial charge >= 0.3 is 0 Å². The standard InChI is InChI=1S/C20H23F2N3O4S/c1-28-11-14(9-23)30-25-5-3-4-17(20(25)27)24-10-12(6-18(24)26)19-15(21)7-13(29-2)8-16(19)22/h3-5,7-8,12,14H,6,9-11,23H2,1-2H3. The number of nitrogens with two attached hydrogens (primary N) is 1. The van der Waals surface area contributed by atoms with Crippen LogP contribution in [-0.2, 0) is 9.53 Å². The van der Waals surface area contributed by atoms with Crippen LogP contribution in [0, 0.1) is 11.6 Å². The Bertz CT molecular complexity index is 962. The maximum Gasteiger partial charge on any atom is 0.284 e. The third kappa shape index (κ3) is 4.50. The van der Waals surface area contributed by atoms with Crippen molar-refractivity contribution < 1.29 is 23.0 Å². The molecule has 7 nitrogen and oxygen atoms in total. The molecule has 2 aromatic rings. The highest BCUT2D eigenvalue weighted by Gasteiger charge is 2.36. The van der Waals surface area contributed by atoms with E-state index in [0.717, 1.165) is 12.1 Å². The highest BCUT2D eigenvalue weighted by molar-refractivity contribution is 7.98. The normalized spacial score (nSPS) is 17.4. The molecule has 162 valence electrons. The molecule has 2 unspecified atom stereocenters. The number of halogens is 2. The monoisotopic (exact) mass is 439 g/mol. The number of hydrogen-bond acceptors (Lipinski definition) is 6. The van der Waals surface area contributed by atoms with Crippen molar-refractivity contribution in [2.24, 2.45) is 5.73 Å². The van der Waals surface area contributed by atoms with E-state index in [1.54, 1.807) is 19.4 Å². The summed E-state index contributed by atoms with van der Waals surface area (Å²) >= 11 is 1.20. The van der Waals surface area contributed by atoms with Crippen molar-refractivity contribution in [2.75, 3.05) is 38.8 Å². The number of ether oxygens (including phenoxy) is 2. The van der Waals surface area contributed by atoms with Crippen LogP contribution in [0.2, 0.25) is 0 Å². The van der Waals surface area contributed by atoms with Crippen LogP contribution < -0.4 is 20.9 Å². The first-order chi connectivity index (χ1) is 14.4. The molecule has 1 fully saturated rings. The van der Waals surface area contributed by atoms with Gasteiger partial charge in [-0.25, -0.2) is 8.78 Å². The van der Waals surface area contributed by atoms with E-state index in [9.17, 15) is 18.4 Å². The van der Waals surface area contributed by atoms with Crippen molar-refractivity contribution in [1.29, 1.82) is 0 Å². The summed E-state index contributed by atoms with van der Waals surface area (Å²) < 4.78 is 40.3. The maximum atomic E-state index is 14.5. The van der Waals surface area contributed by atoms with E-state index in [0.29, 0.717) is 13.2 Å². The molecule has 30 heavy (non-hydrogen) atoms. The van der Waals surface area contributed by atoms with Crippen LogP contribution in [0.4, 0.5) is 14.5 Å². The average molecular weight is 439 g/mol. The Hall–Kier alpha value is -2.43. The van der Waals surface area contributed by atoms with Crippen LogP contribution in [0.1, 0.15) is 17.9 Å². The molecule has 0 radical (unpaired) electrons. The van der Waals surface area contributed by atoms with Gasteiger partial charge in [0.1, 0.15) is 23.1 Å². The minimum Gasteiger partial charge on any atom is -0.497 e. The van der Waals surface area contributed by atoms with Gasteiger partial charge in [0.15, 0.2) is 0 Å². The molecule has 0 spiro atoms. The highest BCUT2D eigenvalue weighted by Crippen LogP contribution is 2.35. The van der Waals surface area contributed by atoms with E-state index in [2.05, 4.69) is 0 Å². The lowest BCUT2D eigenvalue weighted by Crippen LogP contribution is -2.33. The fraction of sp³-hybridized carbons (Fsp3) is 0.400. The molecule has 0 aliphatic carbocycles. The minimum atomic E-state index is -0.780. The number of aromatic nitrogens is 1. The Morgan fingerprint density at radius 1 is 1.27 bits per heavy atom. The molecule has 2 N–H and O–H groups in total. The Morgan fingerprint density at radius 3 is 2.57 bits per heavy atom. The molecular formula is C20H23F2N3O4S. The SMILES string of the molecule is COCC(CN)Sn1cccc(N2CC(c3c(F)cc(OC)cc3F)CC2=O)c1=O. The molecule has 0 bridgehead atoms. The summed E-state index contributed by atoms with van der Waals surface area (Å²) in [5.74, 6) is -2.59. The van der Waals surface area contributed by atoms with Gasteiger partial charge in [-0.1, -0.05) is 0 Å². The molecule has 1 aromatic heterocycles. The van der Waals surface area contributed by atoms with Gasteiger partial charge in [0.2, 0.25) is 5.91 Å². The molecule has 1 amide bonds. The number of amides is 1. The quantitative estimate of drug-likeness (QED) is 0.678. The van der Waals surface area contributed by atoms with Gasteiger partial charge in [0.25, 0.3) is 5.56 Å². The average Bonchev–Trinajstić information content (AvgIpc) is 3.09. The molecule has 1 aliphatic rings. The summed E-state index contributed by atoms with van der Waals surface area (Å²) in [5, 5.41) is -0.146. The van der Waals surface area contributed by atoms with E-state index in [-0.39, 0.29) is 41.1 Å². The van der Waals surface area contributed by atoms with Crippen molar-refractivity contribution in [3.05, 3.63) is 58.0 Å². The molecular weight excluding hydrogens is 416 g/mol. The van der Waals surface area contributed by atoms with Crippen LogP contribution in [-0.4, -0.2) is 49.0 Å². The summed E-state index contributed by atoms with van der Waals surface area (Å²) in [7, 11) is 2.86. The number of benzene rings is 1. The highest BCUT2D eigenvalue weighted by atomic mass is 32.2. The zero-order valence-electron chi connectivity index (χ0n) is 16.6. The van der Waals surface area contributed by atoms with Gasteiger partial charge in [-0.05, 0) is 24.1 Å². The first-order valence-electron chi connectivity index (χ1n) is 9.30. The van der Waals surface area contributed by atoms with E-state index in [1.807, 2.05) is 0 Å². The lowest BCUT2D eigenvalue weighted by atomic mass is 9.97. The molecule has 2 atom stereocenters. The fourth-order valence-electron chi connectivity index (χ4n) is 3.44. The van der Waals surface area contributed by atoms with Crippen molar-refractivity contribution in [1.82, 2.24) is 3.97 Å².